The average molecular weight is 232 g/mol. The van der Waals surface area contributed by atoms with E-state index in [1.807, 2.05) is 12.1 Å². The molecule has 2 N–H and O–H groups in total. The number of aryl methyl sites for hydroxylation is 1. The summed E-state index contributed by atoms with van der Waals surface area (Å²) in [6, 6.07) is 9.06. The molecule has 0 aliphatic carbocycles. The van der Waals surface area contributed by atoms with Crippen molar-refractivity contribution in [3.8, 4) is 0 Å². The lowest BCUT2D eigenvalue weighted by Gasteiger charge is -2.33. The van der Waals surface area contributed by atoms with Gasteiger partial charge in [0.1, 0.15) is 0 Å². The molecular formula is C15H24N2. The first-order chi connectivity index (χ1) is 8.25. The normalized spacial score (nSPS) is 21.6. The van der Waals surface area contributed by atoms with Gasteiger partial charge in [0.2, 0.25) is 0 Å². The largest absolute Gasteiger partial charge is 0.399 e. The molecular weight excluding hydrogens is 208 g/mol. The van der Waals surface area contributed by atoms with Crippen LogP contribution in [0, 0.1) is 0 Å². The van der Waals surface area contributed by atoms with Crippen molar-refractivity contribution >= 4 is 5.69 Å². The summed E-state index contributed by atoms with van der Waals surface area (Å²) in [4.78, 5) is 2.63. The van der Waals surface area contributed by atoms with E-state index < -0.39 is 0 Å². The van der Waals surface area contributed by atoms with Crippen LogP contribution in [0.4, 0.5) is 5.69 Å². The monoisotopic (exact) mass is 232 g/mol. The molecule has 0 radical (unpaired) electrons. The van der Waals surface area contributed by atoms with E-state index >= 15 is 0 Å². The van der Waals surface area contributed by atoms with Crippen molar-refractivity contribution in [1.29, 1.82) is 0 Å². The molecule has 1 unspecified atom stereocenters. The smallest absolute Gasteiger partial charge is 0.0316 e. The number of hydrogen-bond acceptors (Lipinski definition) is 2. The van der Waals surface area contributed by atoms with E-state index in [-0.39, 0.29) is 0 Å². The van der Waals surface area contributed by atoms with Crippen molar-refractivity contribution in [2.24, 2.45) is 0 Å². The Bertz CT molecular complexity index is 349. The fourth-order valence-corrected chi connectivity index (χ4v) is 2.72. The van der Waals surface area contributed by atoms with Gasteiger partial charge in [-0.3, -0.25) is 0 Å². The highest BCUT2D eigenvalue weighted by Crippen LogP contribution is 2.17. The third kappa shape index (κ3) is 3.74. The Kier molecular flexibility index (Phi) is 4.43. The van der Waals surface area contributed by atoms with Gasteiger partial charge in [-0.25, -0.2) is 0 Å². The van der Waals surface area contributed by atoms with Gasteiger partial charge in [-0.15, -0.1) is 0 Å². The molecule has 1 aliphatic heterocycles. The Hall–Kier alpha value is -1.02. The van der Waals surface area contributed by atoms with Crippen LogP contribution >= 0.6 is 0 Å². The number of nitrogens with two attached hydrogens (primary N) is 1. The van der Waals surface area contributed by atoms with E-state index in [1.54, 1.807) is 0 Å². The summed E-state index contributed by atoms with van der Waals surface area (Å²) in [7, 11) is 0. The zero-order chi connectivity index (χ0) is 12.1. The minimum absolute atomic E-state index is 0.782. The molecule has 1 aliphatic rings. The molecule has 1 heterocycles. The molecule has 1 fully saturated rings. The van der Waals surface area contributed by atoms with E-state index in [9.17, 15) is 0 Å². The lowest BCUT2D eigenvalue weighted by molar-refractivity contribution is 0.159. The fraction of sp³-hybridized carbons (Fsp3) is 0.600. The molecule has 94 valence electrons. The van der Waals surface area contributed by atoms with E-state index in [0.717, 1.165) is 18.2 Å². The summed E-state index contributed by atoms with van der Waals surface area (Å²) in [6.45, 7) is 4.88. The molecule has 0 bridgehead atoms. The Morgan fingerprint density at radius 3 is 3.00 bits per heavy atom. The Balaban J connectivity index is 1.75. The SMILES string of the molecule is CC1CCCCN1CCCc1cccc(N)c1. The first kappa shape index (κ1) is 12.4. The maximum atomic E-state index is 5.78. The first-order valence-corrected chi connectivity index (χ1v) is 6.84. The van der Waals surface area contributed by atoms with Crippen LogP contribution in [-0.2, 0) is 6.42 Å². The topological polar surface area (TPSA) is 29.3 Å². The molecule has 2 heteroatoms. The van der Waals surface area contributed by atoms with Gasteiger partial charge < -0.3 is 10.6 Å². The van der Waals surface area contributed by atoms with Gasteiger partial charge in [-0.05, 0) is 63.4 Å². The van der Waals surface area contributed by atoms with Crippen molar-refractivity contribution < 1.29 is 0 Å². The van der Waals surface area contributed by atoms with Gasteiger partial charge in [0, 0.05) is 11.7 Å². The number of nitrogen functional groups attached to an aromatic ring is 1. The van der Waals surface area contributed by atoms with E-state index in [1.165, 1.54) is 44.3 Å². The third-order valence-electron chi connectivity index (χ3n) is 3.80. The van der Waals surface area contributed by atoms with Crippen molar-refractivity contribution in [3.63, 3.8) is 0 Å². The van der Waals surface area contributed by atoms with Gasteiger partial charge >= 0.3 is 0 Å². The highest BCUT2D eigenvalue weighted by Gasteiger charge is 2.16. The summed E-state index contributed by atoms with van der Waals surface area (Å²) in [5.41, 5.74) is 8.04. The van der Waals surface area contributed by atoms with Crippen LogP contribution in [0.3, 0.4) is 0 Å². The fourth-order valence-electron chi connectivity index (χ4n) is 2.72. The molecule has 2 rings (SSSR count). The molecule has 17 heavy (non-hydrogen) atoms. The summed E-state index contributed by atoms with van der Waals surface area (Å²) in [5.74, 6) is 0. The number of hydrogen-bond donors (Lipinski definition) is 1. The second kappa shape index (κ2) is 6.06. The summed E-state index contributed by atoms with van der Waals surface area (Å²) < 4.78 is 0. The van der Waals surface area contributed by atoms with Crippen molar-refractivity contribution in [2.45, 2.75) is 45.1 Å². The molecule has 1 atom stereocenters. The standard InChI is InChI=1S/C15H24N2/c1-13-6-2-3-10-17(13)11-5-8-14-7-4-9-15(16)12-14/h4,7,9,12-13H,2-3,5-6,8,10-11,16H2,1H3. The summed E-state index contributed by atoms with van der Waals surface area (Å²) in [6.07, 6.45) is 6.55. The number of rotatable bonds is 4. The second-order valence-corrected chi connectivity index (χ2v) is 5.23. The number of likely N-dealkylation sites (tertiary alicyclic amines) is 1. The van der Waals surface area contributed by atoms with Crippen LogP contribution < -0.4 is 5.73 Å². The minimum Gasteiger partial charge on any atom is -0.399 e. The first-order valence-electron chi connectivity index (χ1n) is 6.84. The molecule has 1 saturated heterocycles. The maximum Gasteiger partial charge on any atom is 0.0316 e. The number of benzene rings is 1. The van der Waals surface area contributed by atoms with Crippen LogP contribution in [0.25, 0.3) is 0 Å². The van der Waals surface area contributed by atoms with Crippen LogP contribution in [0.2, 0.25) is 0 Å². The Labute approximate surface area is 105 Å². The highest BCUT2D eigenvalue weighted by atomic mass is 15.1. The van der Waals surface area contributed by atoms with Crippen LogP contribution in [0.5, 0.6) is 0 Å². The molecule has 0 saturated carbocycles. The summed E-state index contributed by atoms with van der Waals surface area (Å²) >= 11 is 0. The average Bonchev–Trinajstić information content (AvgIpc) is 2.32. The van der Waals surface area contributed by atoms with Crippen LogP contribution in [0.1, 0.15) is 38.2 Å². The third-order valence-corrected chi connectivity index (χ3v) is 3.80. The molecule has 0 aromatic heterocycles. The second-order valence-electron chi connectivity index (χ2n) is 5.23. The van der Waals surface area contributed by atoms with Gasteiger partial charge in [0.15, 0.2) is 0 Å². The predicted molar refractivity (Wildman–Crippen MR) is 74.1 cm³/mol. The van der Waals surface area contributed by atoms with E-state index in [2.05, 4.69) is 24.0 Å². The maximum absolute atomic E-state index is 5.78. The zero-order valence-corrected chi connectivity index (χ0v) is 10.9. The molecule has 1 aromatic carbocycles. The van der Waals surface area contributed by atoms with Gasteiger partial charge in [0.25, 0.3) is 0 Å². The Morgan fingerprint density at radius 2 is 2.24 bits per heavy atom. The number of anilines is 1. The van der Waals surface area contributed by atoms with Crippen molar-refractivity contribution in [2.75, 3.05) is 18.8 Å². The lowest BCUT2D eigenvalue weighted by Crippen LogP contribution is -2.38. The Morgan fingerprint density at radius 1 is 1.35 bits per heavy atom. The predicted octanol–water partition coefficient (Wildman–Crippen LogP) is 3.08. The lowest BCUT2D eigenvalue weighted by atomic mass is 10.0. The van der Waals surface area contributed by atoms with Crippen LogP contribution in [0.15, 0.2) is 24.3 Å². The van der Waals surface area contributed by atoms with Gasteiger partial charge in [0.05, 0.1) is 0 Å². The number of nitrogens with zero attached hydrogens (tertiary/aromatic N) is 1. The number of piperidine rings is 1. The molecule has 0 amide bonds. The van der Waals surface area contributed by atoms with Gasteiger partial charge in [-0.1, -0.05) is 18.6 Å². The van der Waals surface area contributed by atoms with Crippen molar-refractivity contribution in [3.05, 3.63) is 29.8 Å². The van der Waals surface area contributed by atoms with E-state index in [4.69, 9.17) is 5.73 Å². The van der Waals surface area contributed by atoms with Gasteiger partial charge in [-0.2, -0.15) is 0 Å². The summed E-state index contributed by atoms with van der Waals surface area (Å²) in [5, 5.41) is 0. The van der Waals surface area contributed by atoms with Crippen molar-refractivity contribution in [1.82, 2.24) is 4.90 Å². The van der Waals surface area contributed by atoms with E-state index in [0.29, 0.717) is 0 Å². The minimum atomic E-state index is 0.782. The quantitative estimate of drug-likeness (QED) is 0.808. The molecule has 1 aromatic rings. The molecule has 0 spiro atoms. The van der Waals surface area contributed by atoms with Crippen LogP contribution in [-0.4, -0.2) is 24.0 Å². The highest BCUT2D eigenvalue weighted by molar-refractivity contribution is 5.40. The zero-order valence-electron chi connectivity index (χ0n) is 10.9. The molecule has 2 nitrogen and oxygen atoms in total.